The predicted molar refractivity (Wildman–Crippen MR) is 112 cm³/mol. The van der Waals surface area contributed by atoms with Gasteiger partial charge in [-0.3, -0.25) is 9.48 Å². The van der Waals surface area contributed by atoms with Crippen LogP contribution in [0, 0.1) is 6.92 Å². The van der Waals surface area contributed by atoms with Crippen molar-refractivity contribution in [2.24, 2.45) is 0 Å². The average molecular weight is 416 g/mol. The summed E-state index contributed by atoms with van der Waals surface area (Å²) in [5.74, 6) is -0.672. The van der Waals surface area contributed by atoms with Crippen LogP contribution in [0.4, 0.5) is 0 Å². The number of fused-ring (bicyclic) bond motifs is 1. The van der Waals surface area contributed by atoms with Crippen molar-refractivity contribution in [3.05, 3.63) is 57.9 Å². The molecule has 6 nitrogen and oxygen atoms in total. The first-order valence-electron chi connectivity index (χ1n) is 9.82. The summed E-state index contributed by atoms with van der Waals surface area (Å²) in [4.78, 5) is 26.8. The number of methoxy groups -OCH3 is 1. The Morgan fingerprint density at radius 2 is 2.03 bits per heavy atom. The van der Waals surface area contributed by atoms with Crippen LogP contribution in [-0.4, -0.2) is 39.7 Å². The van der Waals surface area contributed by atoms with Crippen molar-refractivity contribution in [2.75, 3.05) is 7.11 Å². The molecule has 3 rings (SSSR count). The van der Waals surface area contributed by atoms with Crippen LogP contribution in [-0.2, 0) is 33.8 Å². The van der Waals surface area contributed by atoms with Crippen molar-refractivity contribution < 1.29 is 14.3 Å². The molecule has 2 heterocycles. The minimum absolute atomic E-state index is 0.258. The SMILES string of the molecule is CCCCn1nc(C)c(C=CC(=O)N2Cc3ccccc3CC2C(=O)OC)c1Cl. The predicted octanol–water partition coefficient (Wildman–Crippen LogP) is 3.78. The van der Waals surface area contributed by atoms with E-state index in [0.717, 1.165) is 41.8 Å². The van der Waals surface area contributed by atoms with E-state index < -0.39 is 12.0 Å². The normalized spacial score (nSPS) is 16.1. The summed E-state index contributed by atoms with van der Waals surface area (Å²) in [5, 5.41) is 4.98. The van der Waals surface area contributed by atoms with Gasteiger partial charge in [-0.15, -0.1) is 0 Å². The van der Waals surface area contributed by atoms with Crippen molar-refractivity contribution in [3.63, 3.8) is 0 Å². The van der Waals surface area contributed by atoms with Crippen molar-refractivity contribution in [1.29, 1.82) is 0 Å². The van der Waals surface area contributed by atoms with Crippen LogP contribution in [0.25, 0.3) is 6.08 Å². The molecule has 0 bridgehead atoms. The summed E-state index contributed by atoms with van der Waals surface area (Å²) >= 11 is 6.45. The third-order valence-corrected chi connectivity index (χ3v) is 5.63. The third kappa shape index (κ3) is 4.53. The van der Waals surface area contributed by atoms with E-state index >= 15 is 0 Å². The number of amides is 1. The number of aromatic nitrogens is 2. The summed E-state index contributed by atoms with van der Waals surface area (Å²) in [6, 6.07) is 7.19. The first-order valence-corrected chi connectivity index (χ1v) is 10.2. The number of carbonyl (C=O) groups is 2. The van der Waals surface area contributed by atoms with Gasteiger partial charge in [-0.2, -0.15) is 5.10 Å². The van der Waals surface area contributed by atoms with Gasteiger partial charge < -0.3 is 9.64 Å². The lowest BCUT2D eigenvalue weighted by atomic mass is 9.94. The number of hydrogen-bond acceptors (Lipinski definition) is 4. The van der Waals surface area contributed by atoms with E-state index in [-0.39, 0.29) is 5.91 Å². The Kier molecular flexibility index (Phi) is 6.75. The van der Waals surface area contributed by atoms with Crippen LogP contribution in [0.1, 0.15) is 42.1 Å². The van der Waals surface area contributed by atoms with E-state index in [1.54, 1.807) is 15.7 Å². The van der Waals surface area contributed by atoms with Gasteiger partial charge in [0.2, 0.25) is 5.91 Å². The van der Waals surface area contributed by atoms with Gasteiger partial charge in [0.25, 0.3) is 0 Å². The van der Waals surface area contributed by atoms with Gasteiger partial charge in [-0.25, -0.2) is 4.79 Å². The number of esters is 1. The van der Waals surface area contributed by atoms with Crippen LogP contribution >= 0.6 is 11.6 Å². The molecule has 7 heteroatoms. The Hall–Kier alpha value is -2.60. The molecule has 0 N–H and O–H groups in total. The number of carbonyl (C=O) groups excluding carboxylic acids is 2. The highest BCUT2D eigenvalue weighted by Gasteiger charge is 2.34. The van der Waals surface area contributed by atoms with E-state index in [1.807, 2.05) is 31.2 Å². The summed E-state index contributed by atoms with van der Waals surface area (Å²) < 4.78 is 6.70. The molecular formula is C22H26ClN3O3. The Morgan fingerprint density at radius 1 is 1.31 bits per heavy atom. The molecule has 1 unspecified atom stereocenters. The molecule has 1 amide bonds. The van der Waals surface area contributed by atoms with Crippen LogP contribution in [0.15, 0.2) is 30.3 Å². The number of hydrogen-bond donors (Lipinski definition) is 0. The molecule has 29 heavy (non-hydrogen) atoms. The number of rotatable bonds is 6. The average Bonchev–Trinajstić information content (AvgIpc) is 3.01. The van der Waals surface area contributed by atoms with E-state index in [2.05, 4.69) is 12.0 Å². The third-order valence-electron chi connectivity index (χ3n) is 5.23. The van der Waals surface area contributed by atoms with Crippen molar-refractivity contribution >= 4 is 29.6 Å². The zero-order valence-electron chi connectivity index (χ0n) is 17.0. The van der Waals surface area contributed by atoms with Crippen molar-refractivity contribution in [3.8, 4) is 0 Å². The lowest BCUT2D eigenvalue weighted by Gasteiger charge is -2.34. The lowest BCUT2D eigenvalue weighted by Crippen LogP contribution is -2.48. The Bertz CT molecular complexity index is 935. The highest BCUT2D eigenvalue weighted by molar-refractivity contribution is 6.31. The molecule has 1 aromatic heterocycles. The molecule has 154 valence electrons. The zero-order valence-corrected chi connectivity index (χ0v) is 17.8. The molecule has 0 spiro atoms. The highest BCUT2D eigenvalue weighted by atomic mass is 35.5. The number of unbranched alkanes of at least 4 members (excludes halogenated alkanes) is 1. The van der Waals surface area contributed by atoms with Gasteiger partial charge in [0, 0.05) is 31.1 Å². The summed E-state index contributed by atoms with van der Waals surface area (Å²) in [6.45, 7) is 5.08. The number of nitrogens with zero attached hydrogens (tertiary/aromatic N) is 3. The first kappa shape index (κ1) is 21.1. The second-order valence-corrected chi connectivity index (χ2v) is 7.54. The topological polar surface area (TPSA) is 64.4 Å². The van der Waals surface area contributed by atoms with Crippen LogP contribution in [0.3, 0.4) is 0 Å². The maximum absolute atomic E-state index is 13.0. The van der Waals surface area contributed by atoms with Crippen molar-refractivity contribution in [2.45, 2.75) is 52.2 Å². The number of ether oxygens (including phenoxy) is 1. The van der Waals surface area contributed by atoms with Gasteiger partial charge in [0.15, 0.2) is 0 Å². The van der Waals surface area contributed by atoms with Crippen LogP contribution in [0.2, 0.25) is 5.15 Å². The molecule has 0 fully saturated rings. The molecule has 1 aromatic carbocycles. The van der Waals surface area contributed by atoms with Gasteiger partial charge in [0.1, 0.15) is 11.2 Å². The summed E-state index contributed by atoms with van der Waals surface area (Å²) in [7, 11) is 1.34. The fourth-order valence-corrected chi connectivity index (χ4v) is 3.89. The maximum atomic E-state index is 13.0. The quantitative estimate of drug-likeness (QED) is 0.532. The van der Waals surface area contributed by atoms with E-state index in [0.29, 0.717) is 18.1 Å². The molecule has 0 saturated heterocycles. The summed E-state index contributed by atoms with van der Waals surface area (Å²) in [5.41, 5.74) is 3.59. The van der Waals surface area contributed by atoms with E-state index in [1.165, 1.54) is 13.2 Å². The maximum Gasteiger partial charge on any atom is 0.328 e. The smallest absolute Gasteiger partial charge is 0.328 e. The molecular weight excluding hydrogens is 390 g/mol. The molecule has 0 saturated carbocycles. The molecule has 1 atom stereocenters. The van der Waals surface area contributed by atoms with Gasteiger partial charge in [-0.05, 0) is 30.5 Å². The highest BCUT2D eigenvalue weighted by Crippen LogP contribution is 2.26. The largest absolute Gasteiger partial charge is 0.467 e. The molecule has 1 aliphatic heterocycles. The van der Waals surface area contributed by atoms with Crippen molar-refractivity contribution in [1.82, 2.24) is 14.7 Å². The fraction of sp³-hybridized carbons (Fsp3) is 0.409. The van der Waals surface area contributed by atoms with E-state index in [9.17, 15) is 9.59 Å². The zero-order chi connectivity index (χ0) is 21.0. The first-order chi connectivity index (χ1) is 14.0. The number of aryl methyl sites for hydroxylation is 2. The van der Waals surface area contributed by atoms with Gasteiger partial charge in [0.05, 0.1) is 12.8 Å². The van der Waals surface area contributed by atoms with Crippen LogP contribution in [0.5, 0.6) is 0 Å². The standard InChI is InChI=1S/C22H26ClN3O3/c1-4-5-12-26-21(23)18(15(2)24-26)10-11-20(27)25-14-17-9-7-6-8-16(17)13-19(25)22(28)29-3/h6-11,19H,4-5,12-14H2,1-3H3. The number of benzene rings is 1. The van der Waals surface area contributed by atoms with Gasteiger partial charge in [-0.1, -0.05) is 49.2 Å². The second-order valence-electron chi connectivity index (χ2n) is 7.18. The van der Waals surface area contributed by atoms with E-state index in [4.69, 9.17) is 16.3 Å². The fourth-order valence-electron chi connectivity index (χ4n) is 3.56. The Labute approximate surface area is 176 Å². The molecule has 0 aliphatic carbocycles. The Morgan fingerprint density at radius 3 is 2.72 bits per heavy atom. The molecule has 0 radical (unpaired) electrons. The summed E-state index contributed by atoms with van der Waals surface area (Å²) in [6.07, 6.45) is 5.62. The minimum atomic E-state index is -0.643. The molecule has 2 aromatic rings. The lowest BCUT2D eigenvalue weighted by molar-refractivity contribution is -0.152. The van der Waals surface area contributed by atoms with Crippen LogP contribution < -0.4 is 0 Å². The monoisotopic (exact) mass is 415 g/mol. The minimum Gasteiger partial charge on any atom is -0.467 e. The van der Waals surface area contributed by atoms with Gasteiger partial charge >= 0.3 is 5.97 Å². The molecule has 1 aliphatic rings. The Balaban J connectivity index is 1.83. The number of halogens is 1. The second kappa shape index (κ2) is 9.27.